The predicted molar refractivity (Wildman–Crippen MR) is 94.1 cm³/mol. The molecule has 2 amide bonds. The Morgan fingerprint density at radius 3 is 2.57 bits per heavy atom. The standard InChI is InChI=1S/C16H16IN3O3/c1-11(9-15(21)18-10-14-3-2-8-23-14)19-20-16(22)12-4-6-13(17)7-5-12/h2-9,19H,10H2,1H3,(H,18,21)(H,20,22). The molecular formula is C16H16IN3O3. The van der Waals surface area contributed by atoms with E-state index in [1.54, 1.807) is 37.5 Å². The summed E-state index contributed by atoms with van der Waals surface area (Å²) in [5.74, 6) is 0.115. The van der Waals surface area contributed by atoms with Crippen molar-refractivity contribution in [2.45, 2.75) is 13.5 Å². The molecule has 7 heteroatoms. The largest absolute Gasteiger partial charge is 0.467 e. The number of amides is 2. The molecule has 1 heterocycles. The highest BCUT2D eigenvalue weighted by Crippen LogP contribution is 2.06. The number of carbonyl (C=O) groups excluding carboxylic acids is 2. The Bertz CT molecular complexity index is 694. The molecule has 0 bridgehead atoms. The molecule has 0 unspecified atom stereocenters. The molecule has 0 radical (unpaired) electrons. The fourth-order valence-corrected chi connectivity index (χ4v) is 2.06. The lowest BCUT2D eigenvalue weighted by molar-refractivity contribution is -0.116. The van der Waals surface area contributed by atoms with Crippen molar-refractivity contribution in [3.05, 3.63) is 69.3 Å². The van der Waals surface area contributed by atoms with Crippen LogP contribution in [0.2, 0.25) is 0 Å². The SMILES string of the molecule is CC(=CC(=O)NCc1ccco1)NNC(=O)c1ccc(I)cc1. The molecule has 23 heavy (non-hydrogen) atoms. The summed E-state index contributed by atoms with van der Waals surface area (Å²) < 4.78 is 6.17. The van der Waals surface area contributed by atoms with Crippen LogP contribution in [0.1, 0.15) is 23.0 Å². The maximum absolute atomic E-state index is 11.9. The van der Waals surface area contributed by atoms with Crippen molar-refractivity contribution in [2.24, 2.45) is 0 Å². The molecule has 0 aliphatic rings. The molecule has 2 rings (SSSR count). The fourth-order valence-electron chi connectivity index (χ4n) is 1.70. The van der Waals surface area contributed by atoms with Gasteiger partial charge in [-0.1, -0.05) is 0 Å². The zero-order valence-electron chi connectivity index (χ0n) is 12.4. The van der Waals surface area contributed by atoms with Gasteiger partial charge in [-0.2, -0.15) is 0 Å². The Balaban J connectivity index is 1.78. The summed E-state index contributed by atoms with van der Waals surface area (Å²) in [5, 5.41) is 2.68. The van der Waals surface area contributed by atoms with Crippen LogP contribution in [-0.4, -0.2) is 11.8 Å². The molecule has 0 atom stereocenters. The molecule has 2 aromatic rings. The molecule has 0 saturated heterocycles. The first-order valence-corrected chi connectivity index (χ1v) is 7.93. The summed E-state index contributed by atoms with van der Waals surface area (Å²) >= 11 is 2.17. The number of hydrogen-bond acceptors (Lipinski definition) is 4. The number of hydrazine groups is 1. The first-order valence-electron chi connectivity index (χ1n) is 6.85. The van der Waals surface area contributed by atoms with Crippen LogP contribution in [0.3, 0.4) is 0 Å². The summed E-state index contributed by atoms with van der Waals surface area (Å²) in [6.07, 6.45) is 2.90. The van der Waals surface area contributed by atoms with Crippen LogP contribution in [0.4, 0.5) is 0 Å². The number of benzene rings is 1. The molecule has 0 fully saturated rings. The average molecular weight is 425 g/mol. The second kappa shape index (κ2) is 8.37. The van der Waals surface area contributed by atoms with Gasteiger partial charge in [0.25, 0.3) is 5.91 Å². The van der Waals surface area contributed by atoms with Gasteiger partial charge in [-0.25, -0.2) is 0 Å². The molecule has 1 aromatic heterocycles. The Kier molecular flexibility index (Phi) is 6.21. The van der Waals surface area contributed by atoms with Crippen LogP contribution in [0.25, 0.3) is 0 Å². The first-order chi connectivity index (χ1) is 11.0. The van der Waals surface area contributed by atoms with Gasteiger partial charge in [-0.05, 0) is 65.9 Å². The van der Waals surface area contributed by atoms with Crippen molar-refractivity contribution in [3.63, 3.8) is 0 Å². The third-order valence-electron chi connectivity index (χ3n) is 2.84. The maximum atomic E-state index is 11.9. The summed E-state index contributed by atoms with van der Waals surface area (Å²) in [5.41, 5.74) is 6.28. The second-order valence-corrected chi connectivity index (χ2v) is 5.96. The number of halogens is 1. The van der Waals surface area contributed by atoms with Crippen LogP contribution < -0.4 is 16.2 Å². The van der Waals surface area contributed by atoms with Crippen LogP contribution in [0.5, 0.6) is 0 Å². The number of hydrogen-bond donors (Lipinski definition) is 3. The minimum atomic E-state index is -0.282. The van der Waals surface area contributed by atoms with Crippen LogP contribution in [0, 0.1) is 3.57 Å². The lowest BCUT2D eigenvalue weighted by atomic mass is 10.2. The third-order valence-corrected chi connectivity index (χ3v) is 3.56. The number of rotatable bonds is 6. The third kappa shape index (κ3) is 5.78. The van der Waals surface area contributed by atoms with Crippen molar-refractivity contribution in [2.75, 3.05) is 0 Å². The van der Waals surface area contributed by atoms with E-state index in [0.29, 0.717) is 23.6 Å². The normalized spacial score (nSPS) is 11.0. The van der Waals surface area contributed by atoms with E-state index in [0.717, 1.165) is 3.57 Å². The number of nitrogens with one attached hydrogen (secondary N) is 3. The van der Waals surface area contributed by atoms with Crippen LogP contribution in [0.15, 0.2) is 58.9 Å². The van der Waals surface area contributed by atoms with E-state index in [4.69, 9.17) is 4.42 Å². The van der Waals surface area contributed by atoms with Gasteiger partial charge in [0, 0.05) is 20.9 Å². The zero-order chi connectivity index (χ0) is 16.7. The van der Waals surface area contributed by atoms with E-state index in [1.165, 1.54) is 6.08 Å². The molecule has 0 aliphatic carbocycles. The highest BCUT2D eigenvalue weighted by atomic mass is 127. The zero-order valence-corrected chi connectivity index (χ0v) is 14.6. The van der Waals surface area contributed by atoms with Gasteiger partial charge < -0.3 is 15.2 Å². The quantitative estimate of drug-likeness (QED) is 0.377. The van der Waals surface area contributed by atoms with Gasteiger partial charge in [0.2, 0.25) is 5.91 Å². The average Bonchev–Trinajstić information content (AvgIpc) is 3.05. The smallest absolute Gasteiger partial charge is 0.269 e. The van der Waals surface area contributed by atoms with Crippen molar-refractivity contribution in [1.29, 1.82) is 0 Å². The van der Waals surface area contributed by atoms with E-state index in [-0.39, 0.29) is 11.8 Å². The van der Waals surface area contributed by atoms with Gasteiger partial charge in [-0.15, -0.1) is 0 Å². The molecule has 0 saturated carbocycles. The number of furan rings is 1. The van der Waals surface area contributed by atoms with E-state index >= 15 is 0 Å². The van der Waals surface area contributed by atoms with Gasteiger partial charge in [0.05, 0.1) is 12.8 Å². The van der Waals surface area contributed by atoms with Gasteiger partial charge in [0.1, 0.15) is 5.76 Å². The minimum Gasteiger partial charge on any atom is -0.467 e. The molecule has 0 aliphatic heterocycles. The Morgan fingerprint density at radius 2 is 1.91 bits per heavy atom. The maximum Gasteiger partial charge on any atom is 0.269 e. The molecule has 6 nitrogen and oxygen atoms in total. The summed E-state index contributed by atoms with van der Waals surface area (Å²) in [4.78, 5) is 23.6. The van der Waals surface area contributed by atoms with Crippen LogP contribution >= 0.6 is 22.6 Å². The first kappa shape index (κ1) is 17.1. The molecule has 3 N–H and O–H groups in total. The Morgan fingerprint density at radius 1 is 1.17 bits per heavy atom. The molecule has 120 valence electrons. The van der Waals surface area contributed by atoms with Crippen molar-refractivity contribution >= 4 is 34.4 Å². The van der Waals surface area contributed by atoms with E-state index in [1.807, 2.05) is 12.1 Å². The lowest BCUT2D eigenvalue weighted by Gasteiger charge is -2.09. The highest BCUT2D eigenvalue weighted by Gasteiger charge is 2.05. The van der Waals surface area contributed by atoms with Crippen LogP contribution in [-0.2, 0) is 11.3 Å². The van der Waals surface area contributed by atoms with E-state index < -0.39 is 0 Å². The topological polar surface area (TPSA) is 83.4 Å². The highest BCUT2D eigenvalue weighted by molar-refractivity contribution is 14.1. The number of allylic oxidation sites excluding steroid dienone is 1. The molecular weight excluding hydrogens is 409 g/mol. The number of carbonyl (C=O) groups is 2. The van der Waals surface area contributed by atoms with Gasteiger partial charge >= 0.3 is 0 Å². The molecule has 1 aromatic carbocycles. The van der Waals surface area contributed by atoms with Crippen molar-refractivity contribution in [3.8, 4) is 0 Å². The monoisotopic (exact) mass is 425 g/mol. The van der Waals surface area contributed by atoms with Crippen molar-refractivity contribution in [1.82, 2.24) is 16.2 Å². The Hall–Kier alpha value is -2.29. The van der Waals surface area contributed by atoms with Gasteiger partial charge in [-0.3, -0.25) is 15.0 Å². The summed E-state index contributed by atoms with van der Waals surface area (Å²) in [6.45, 7) is 1.99. The van der Waals surface area contributed by atoms with E-state index in [9.17, 15) is 9.59 Å². The Labute approximate surface area is 147 Å². The second-order valence-electron chi connectivity index (χ2n) is 4.71. The van der Waals surface area contributed by atoms with Crippen molar-refractivity contribution < 1.29 is 14.0 Å². The summed E-state index contributed by atoms with van der Waals surface area (Å²) in [6, 6.07) is 10.7. The molecule has 0 spiro atoms. The fraction of sp³-hybridized carbons (Fsp3) is 0.125. The van der Waals surface area contributed by atoms with E-state index in [2.05, 4.69) is 38.8 Å². The van der Waals surface area contributed by atoms with Gasteiger partial charge in [0.15, 0.2) is 0 Å². The summed E-state index contributed by atoms with van der Waals surface area (Å²) in [7, 11) is 0. The minimum absolute atomic E-state index is 0.273. The predicted octanol–water partition coefficient (Wildman–Crippen LogP) is 2.34. The lowest BCUT2D eigenvalue weighted by Crippen LogP contribution is -2.36.